The van der Waals surface area contributed by atoms with E-state index in [0.29, 0.717) is 36.4 Å². The lowest BCUT2D eigenvalue weighted by Crippen LogP contribution is -2.29. The number of fused-ring (bicyclic) bond motifs is 2. The summed E-state index contributed by atoms with van der Waals surface area (Å²) in [5, 5.41) is 2.61. The summed E-state index contributed by atoms with van der Waals surface area (Å²) >= 11 is 1.52. The summed E-state index contributed by atoms with van der Waals surface area (Å²) in [6.45, 7) is 0.975. The molecule has 1 aromatic carbocycles. The fourth-order valence-corrected chi connectivity index (χ4v) is 4.08. The van der Waals surface area contributed by atoms with E-state index in [1.165, 1.54) is 11.3 Å². The third-order valence-electron chi connectivity index (χ3n) is 4.68. The average molecular weight is 381 g/mol. The maximum Gasteiger partial charge on any atom is 0.267 e. The van der Waals surface area contributed by atoms with Gasteiger partial charge in [-0.25, -0.2) is 4.98 Å². The molecule has 0 fully saturated rings. The lowest BCUT2D eigenvalue weighted by Gasteiger charge is -2.15. The Morgan fingerprint density at radius 3 is 2.70 bits per heavy atom. The minimum absolute atomic E-state index is 0.133. The molecular weight excluding hydrogens is 362 g/mol. The number of pyridine rings is 1. The monoisotopic (exact) mass is 381 g/mol. The number of rotatable bonds is 5. The molecule has 7 heteroatoms. The van der Waals surface area contributed by atoms with Crippen molar-refractivity contribution in [2.45, 2.75) is 13.0 Å². The Hall–Kier alpha value is -2.77. The highest BCUT2D eigenvalue weighted by atomic mass is 32.1. The van der Waals surface area contributed by atoms with E-state index in [-0.39, 0.29) is 16.4 Å². The third-order valence-corrected chi connectivity index (χ3v) is 5.54. The van der Waals surface area contributed by atoms with E-state index < -0.39 is 0 Å². The second-order valence-electron chi connectivity index (χ2n) is 6.32. The molecule has 0 aliphatic rings. The number of methoxy groups -OCH3 is 1. The Balaban J connectivity index is 2.11. The van der Waals surface area contributed by atoms with E-state index in [1.807, 2.05) is 41.3 Å². The number of ether oxygens (including phenoxy) is 1. The maximum atomic E-state index is 13.3. The van der Waals surface area contributed by atoms with Gasteiger partial charge in [-0.3, -0.25) is 14.2 Å². The van der Waals surface area contributed by atoms with Crippen molar-refractivity contribution in [3.63, 3.8) is 0 Å². The zero-order valence-electron chi connectivity index (χ0n) is 15.1. The summed E-state index contributed by atoms with van der Waals surface area (Å²) < 4.78 is 8.55. The van der Waals surface area contributed by atoms with Crippen LogP contribution in [0.5, 0.6) is 0 Å². The Kier molecular flexibility index (Phi) is 4.63. The van der Waals surface area contributed by atoms with Crippen LogP contribution in [-0.4, -0.2) is 27.8 Å². The summed E-state index contributed by atoms with van der Waals surface area (Å²) in [5.74, 6) is 0.587. The molecule has 138 valence electrons. The Bertz CT molecular complexity index is 1240. The van der Waals surface area contributed by atoms with Crippen LogP contribution >= 0.6 is 11.3 Å². The van der Waals surface area contributed by atoms with Gasteiger partial charge in [-0.15, -0.1) is 11.3 Å². The molecular formula is C20H19N3O3S. The van der Waals surface area contributed by atoms with E-state index in [2.05, 4.69) is 0 Å². The zero-order valence-corrected chi connectivity index (χ0v) is 16.0. The number of aryl methyl sites for hydroxylation is 1. The average Bonchev–Trinajstić information content (AvgIpc) is 3.22. The van der Waals surface area contributed by atoms with Crippen molar-refractivity contribution in [1.82, 2.24) is 14.1 Å². The first-order valence-corrected chi connectivity index (χ1v) is 9.56. The van der Waals surface area contributed by atoms with Crippen LogP contribution in [0.1, 0.15) is 6.42 Å². The molecule has 4 rings (SSSR count). The van der Waals surface area contributed by atoms with Crippen LogP contribution in [0.15, 0.2) is 51.4 Å². The van der Waals surface area contributed by atoms with Crippen LogP contribution in [0.2, 0.25) is 0 Å². The molecule has 0 spiro atoms. The van der Waals surface area contributed by atoms with E-state index in [9.17, 15) is 9.59 Å². The molecule has 4 aromatic rings. The summed E-state index contributed by atoms with van der Waals surface area (Å²) in [5.41, 5.74) is 0.603. The molecule has 6 nitrogen and oxygen atoms in total. The topological polar surface area (TPSA) is 66.1 Å². The molecule has 0 saturated carbocycles. The Morgan fingerprint density at radius 2 is 1.96 bits per heavy atom. The highest BCUT2D eigenvalue weighted by Gasteiger charge is 2.19. The molecule has 3 aromatic heterocycles. The van der Waals surface area contributed by atoms with Gasteiger partial charge in [0, 0.05) is 32.7 Å². The summed E-state index contributed by atoms with van der Waals surface area (Å²) in [6.07, 6.45) is 0.663. The zero-order chi connectivity index (χ0) is 19.0. The second-order valence-corrected chi connectivity index (χ2v) is 7.27. The highest BCUT2D eigenvalue weighted by Crippen LogP contribution is 2.24. The number of hydrogen-bond acceptors (Lipinski definition) is 5. The second kappa shape index (κ2) is 7.09. The van der Waals surface area contributed by atoms with E-state index in [0.717, 1.165) is 10.4 Å². The number of thiophene rings is 1. The van der Waals surface area contributed by atoms with Crippen LogP contribution in [0.4, 0.5) is 0 Å². The SMILES string of the molecule is COCCCn1c(-c2cccs2)nc2c(c(=O)c3ccccc3n2C)c1=O. The predicted octanol–water partition coefficient (Wildman–Crippen LogP) is 3.01. The van der Waals surface area contributed by atoms with Crippen molar-refractivity contribution in [2.24, 2.45) is 7.05 Å². The van der Waals surface area contributed by atoms with Gasteiger partial charge in [0.25, 0.3) is 5.56 Å². The van der Waals surface area contributed by atoms with Gasteiger partial charge in [0.1, 0.15) is 5.39 Å². The molecule has 0 radical (unpaired) electrons. The van der Waals surface area contributed by atoms with Crippen LogP contribution < -0.4 is 11.0 Å². The molecule has 27 heavy (non-hydrogen) atoms. The molecule has 0 unspecified atom stereocenters. The first kappa shape index (κ1) is 17.6. The molecule has 0 aliphatic carbocycles. The minimum Gasteiger partial charge on any atom is -0.385 e. The van der Waals surface area contributed by atoms with Gasteiger partial charge in [-0.05, 0) is 30.0 Å². The highest BCUT2D eigenvalue weighted by molar-refractivity contribution is 7.13. The number of hydrogen-bond donors (Lipinski definition) is 0. The van der Waals surface area contributed by atoms with Gasteiger partial charge in [0.15, 0.2) is 11.5 Å². The molecule has 3 heterocycles. The largest absolute Gasteiger partial charge is 0.385 e. The minimum atomic E-state index is -0.300. The number of nitrogens with zero attached hydrogens (tertiary/aromatic N) is 3. The third kappa shape index (κ3) is 2.89. The van der Waals surface area contributed by atoms with Crippen molar-refractivity contribution in [3.05, 3.63) is 62.4 Å². The molecule has 0 atom stereocenters. The van der Waals surface area contributed by atoms with Gasteiger partial charge >= 0.3 is 0 Å². The lowest BCUT2D eigenvalue weighted by atomic mass is 10.1. The number of benzene rings is 1. The normalized spacial score (nSPS) is 11.5. The summed E-state index contributed by atoms with van der Waals surface area (Å²) in [4.78, 5) is 32.0. The lowest BCUT2D eigenvalue weighted by molar-refractivity contribution is 0.190. The van der Waals surface area contributed by atoms with Crippen LogP contribution in [-0.2, 0) is 18.3 Å². The maximum absolute atomic E-state index is 13.3. The van der Waals surface area contributed by atoms with Crippen LogP contribution in [0, 0.1) is 0 Å². The van der Waals surface area contributed by atoms with Crippen molar-refractivity contribution in [1.29, 1.82) is 0 Å². The first-order valence-electron chi connectivity index (χ1n) is 8.68. The van der Waals surface area contributed by atoms with Crippen molar-refractivity contribution in [3.8, 4) is 10.7 Å². The van der Waals surface area contributed by atoms with E-state index in [4.69, 9.17) is 9.72 Å². The van der Waals surface area contributed by atoms with Crippen LogP contribution in [0.25, 0.3) is 32.6 Å². The molecule has 0 bridgehead atoms. The fraction of sp³-hybridized carbons (Fsp3) is 0.250. The fourth-order valence-electron chi connectivity index (χ4n) is 3.36. The van der Waals surface area contributed by atoms with Crippen molar-refractivity contribution in [2.75, 3.05) is 13.7 Å². The predicted molar refractivity (Wildman–Crippen MR) is 109 cm³/mol. The molecule has 0 N–H and O–H groups in total. The van der Waals surface area contributed by atoms with Gasteiger partial charge in [-0.2, -0.15) is 0 Å². The summed E-state index contributed by atoms with van der Waals surface area (Å²) in [6, 6.07) is 11.2. The number of aromatic nitrogens is 3. The van der Waals surface area contributed by atoms with Crippen molar-refractivity contribution >= 4 is 33.3 Å². The van der Waals surface area contributed by atoms with Gasteiger partial charge < -0.3 is 9.30 Å². The molecule has 0 aliphatic heterocycles. The summed E-state index contributed by atoms with van der Waals surface area (Å²) in [7, 11) is 3.47. The first-order chi connectivity index (χ1) is 13.1. The van der Waals surface area contributed by atoms with E-state index >= 15 is 0 Å². The quantitative estimate of drug-likeness (QED) is 0.394. The smallest absolute Gasteiger partial charge is 0.267 e. The van der Waals surface area contributed by atoms with Crippen molar-refractivity contribution < 1.29 is 4.74 Å². The Labute approximate surface area is 159 Å². The van der Waals surface area contributed by atoms with Gasteiger partial charge in [0.05, 0.1) is 10.4 Å². The molecule has 0 saturated heterocycles. The molecule has 0 amide bonds. The van der Waals surface area contributed by atoms with Gasteiger partial charge in [0.2, 0.25) is 5.43 Å². The Morgan fingerprint density at radius 1 is 1.15 bits per heavy atom. The standard InChI is InChI=1S/C20H19N3O3S/c1-22-14-8-4-3-7-13(14)17(24)16-19(22)21-18(15-9-5-12-27-15)23(20(16)25)10-6-11-26-2/h3-5,7-9,12H,6,10-11H2,1-2H3. The number of para-hydroxylation sites is 1. The van der Waals surface area contributed by atoms with Crippen LogP contribution in [0.3, 0.4) is 0 Å². The van der Waals surface area contributed by atoms with E-state index in [1.54, 1.807) is 23.8 Å². The van der Waals surface area contributed by atoms with Gasteiger partial charge in [-0.1, -0.05) is 18.2 Å².